The molecule has 58 heavy (non-hydrogen) atoms. The number of aromatic nitrogens is 4. The highest BCUT2D eigenvalue weighted by Crippen LogP contribution is 2.41. The van der Waals surface area contributed by atoms with Gasteiger partial charge in [-0.25, -0.2) is 24.3 Å². The van der Waals surface area contributed by atoms with E-state index in [4.69, 9.17) is 18.9 Å². The number of aryl methyl sites for hydroxylation is 3. The van der Waals surface area contributed by atoms with Gasteiger partial charge in [-0.3, -0.25) is 14.4 Å². The van der Waals surface area contributed by atoms with Gasteiger partial charge in [-0.1, -0.05) is 12.7 Å². The number of carbonyl (C=O) groups is 6. The molecule has 306 valence electrons. The summed E-state index contributed by atoms with van der Waals surface area (Å²) in [4.78, 5) is 83.7. The van der Waals surface area contributed by atoms with Crippen molar-refractivity contribution in [1.82, 2.24) is 23.6 Å². The molecule has 20 heteroatoms. The average Bonchev–Trinajstić information content (AvgIpc) is 3.97. The van der Waals surface area contributed by atoms with Gasteiger partial charge >= 0.3 is 18.0 Å². The van der Waals surface area contributed by atoms with E-state index in [1.807, 2.05) is 0 Å². The number of methoxy groups -OCH3 is 1. The van der Waals surface area contributed by atoms with E-state index in [1.165, 1.54) is 81.7 Å². The second kappa shape index (κ2) is 17.0. The Morgan fingerprint density at radius 2 is 1.74 bits per heavy atom. The van der Waals surface area contributed by atoms with Crippen molar-refractivity contribution in [3.63, 3.8) is 0 Å². The third-order valence-corrected chi connectivity index (χ3v) is 9.50. The Morgan fingerprint density at radius 3 is 2.45 bits per heavy atom. The number of benzene rings is 1. The van der Waals surface area contributed by atoms with Crippen LogP contribution < -0.4 is 29.7 Å². The molecule has 1 saturated heterocycles. The Labute approximate surface area is 331 Å². The first-order valence-corrected chi connectivity index (χ1v) is 18.0. The van der Waals surface area contributed by atoms with Crippen LogP contribution in [0.15, 0.2) is 55.5 Å². The Hall–Kier alpha value is -7.09. The molecule has 2 aliphatic heterocycles. The van der Waals surface area contributed by atoms with Crippen LogP contribution in [0.1, 0.15) is 67.6 Å². The Morgan fingerprint density at radius 1 is 0.983 bits per heavy atom. The number of fused-ring (bicyclic) bond motifs is 2. The molecule has 3 aromatic heterocycles. The molecule has 5 heterocycles. The van der Waals surface area contributed by atoms with Crippen molar-refractivity contribution in [2.75, 3.05) is 42.4 Å². The summed E-state index contributed by atoms with van der Waals surface area (Å²) in [5, 5.41) is 25.9. The molecule has 0 bridgehead atoms. The van der Waals surface area contributed by atoms with E-state index in [9.17, 15) is 39.0 Å². The number of carboxylic acids is 1. The summed E-state index contributed by atoms with van der Waals surface area (Å²) in [7, 11) is 6.03. The van der Waals surface area contributed by atoms with Crippen LogP contribution in [0.4, 0.5) is 22.0 Å². The Bertz CT molecular complexity index is 2290. The second-order valence-electron chi connectivity index (χ2n) is 13.5. The van der Waals surface area contributed by atoms with Gasteiger partial charge in [0.2, 0.25) is 11.7 Å². The van der Waals surface area contributed by atoms with Gasteiger partial charge in [0.05, 0.1) is 36.7 Å². The molecule has 6 rings (SSSR count). The van der Waals surface area contributed by atoms with E-state index >= 15 is 0 Å². The molecule has 1 aromatic carbocycles. The summed E-state index contributed by atoms with van der Waals surface area (Å²) >= 11 is 0. The zero-order chi connectivity index (χ0) is 41.8. The van der Waals surface area contributed by atoms with Crippen molar-refractivity contribution < 1.29 is 57.9 Å². The third kappa shape index (κ3) is 8.36. The van der Waals surface area contributed by atoms with Crippen LogP contribution in [0.2, 0.25) is 0 Å². The zero-order valence-electron chi connectivity index (χ0n) is 32.1. The van der Waals surface area contributed by atoms with E-state index < -0.39 is 42.1 Å². The van der Waals surface area contributed by atoms with Gasteiger partial charge in [0, 0.05) is 64.8 Å². The zero-order valence-corrected chi connectivity index (χ0v) is 32.1. The number of imidazole rings is 1. The molecular weight excluding hydrogens is 760 g/mol. The summed E-state index contributed by atoms with van der Waals surface area (Å²) in [6, 6.07) is 4.84. The van der Waals surface area contributed by atoms with Gasteiger partial charge in [0.25, 0.3) is 11.8 Å². The molecule has 0 radical (unpaired) electrons. The number of nitrogens with zero attached hydrogens (tertiary/aromatic N) is 6. The fraction of sp³-hybridized carbons (Fsp3) is 0.342. The minimum atomic E-state index is -1.38. The summed E-state index contributed by atoms with van der Waals surface area (Å²) in [5.74, 6) is -2.91. The second-order valence-corrected chi connectivity index (χ2v) is 13.5. The lowest BCUT2D eigenvalue weighted by Gasteiger charge is -2.31. The van der Waals surface area contributed by atoms with E-state index in [1.54, 1.807) is 14.1 Å². The van der Waals surface area contributed by atoms with Gasteiger partial charge in [-0.05, 0) is 31.4 Å². The van der Waals surface area contributed by atoms with Crippen LogP contribution in [0.25, 0.3) is 0 Å². The average molecular weight is 803 g/mol. The van der Waals surface area contributed by atoms with Crippen LogP contribution in [0, 0.1) is 0 Å². The summed E-state index contributed by atoms with van der Waals surface area (Å²) in [5.41, 5.74) is 0.472. The first-order chi connectivity index (χ1) is 27.7. The number of carboxylic acid groups (broad SMARTS) is 1. The SMILES string of the molecule is C=CCOC(=O)N1c2cc(OCCCC(=O)Nc3cn(C)c(C(=O)Nc4cc(C(=O)Oc5cc(C(=O)O)n(C)c5)n(C)c4)n3)c(OC)cc2C(=O)N2CCC[C@H]2C1O. The van der Waals surface area contributed by atoms with E-state index in [0.29, 0.717) is 19.4 Å². The number of aromatic carboxylic acids is 1. The molecule has 20 nitrogen and oxygen atoms in total. The normalized spacial score (nSPS) is 15.8. The number of anilines is 3. The number of aliphatic hydroxyl groups is 1. The van der Waals surface area contributed by atoms with Crippen molar-refractivity contribution in [2.24, 2.45) is 21.1 Å². The summed E-state index contributed by atoms with van der Waals surface area (Å²) in [6.07, 6.45) is 4.80. The molecule has 4 aromatic rings. The van der Waals surface area contributed by atoms with Crippen molar-refractivity contribution in [1.29, 1.82) is 0 Å². The highest BCUT2D eigenvalue weighted by atomic mass is 16.6. The quantitative estimate of drug-likeness (QED) is 0.0816. The molecule has 1 unspecified atom stereocenters. The number of ether oxygens (including phenoxy) is 4. The van der Waals surface area contributed by atoms with Gasteiger partial charge in [-0.15, -0.1) is 0 Å². The molecule has 2 aliphatic rings. The largest absolute Gasteiger partial charge is 0.493 e. The predicted molar refractivity (Wildman–Crippen MR) is 204 cm³/mol. The highest BCUT2D eigenvalue weighted by molar-refractivity contribution is 6.06. The summed E-state index contributed by atoms with van der Waals surface area (Å²) < 4.78 is 26.2. The first-order valence-electron chi connectivity index (χ1n) is 18.0. The lowest BCUT2D eigenvalue weighted by molar-refractivity contribution is -0.116. The fourth-order valence-electron chi connectivity index (χ4n) is 6.76. The molecule has 1 fully saturated rings. The lowest BCUT2D eigenvalue weighted by atomic mass is 10.1. The number of esters is 1. The number of hydrogen-bond donors (Lipinski definition) is 4. The Kier molecular flexibility index (Phi) is 11.9. The number of rotatable bonds is 14. The van der Waals surface area contributed by atoms with E-state index in [2.05, 4.69) is 22.2 Å². The predicted octanol–water partition coefficient (Wildman–Crippen LogP) is 3.14. The third-order valence-electron chi connectivity index (χ3n) is 9.50. The van der Waals surface area contributed by atoms with Crippen molar-refractivity contribution in [3.8, 4) is 17.2 Å². The van der Waals surface area contributed by atoms with E-state index in [-0.39, 0.29) is 89.2 Å². The summed E-state index contributed by atoms with van der Waals surface area (Å²) in [6.45, 7) is 3.88. The minimum Gasteiger partial charge on any atom is -0.493 e. The minimum absolute atomic E-state index is 0.0112. The molecule has 0 aliphatic carbocycles. The van der Waals surface area contributed by atoms with Crippen molar-refractivity contribution in [3.05, 3.63) is 78.3 Å². The van der Waals surface area contributed by atoms with Crippen LogP contribution in [0.5, 0.6) is 17.2 Å². The van der Waals surface area contributed by atoms with Crippen molar-refractivity contribution >= 4 is 52.9 Å². The maximum absolute atomic E-state index is 13.6. The van der Waals surface area contributed by atoms with Gasteiger partial charge in [0.15, 0.2) is 23.5 Å². The molecule has 0 spiro atoms. The maximum atomic E-state index is 13.6. The van der Waals surface area contributed by atoms with Gasteiger partial charge in [0.1, 0.15) is 23.7 Å². The molecular formula is C38H42N8O12. The van der Waals surface area contributed by atoms with E-state index in [0.717, 1.165) is 4.90 Å². The van der Waals surface area contributed by atoms with Crippen LogP contribution in [-0.4, -0.2) is 109 Å². The highest BCUT2D eigenvalue weighted by Gasteiger charge is 2.45. The van der Waals surface area contributed by atoms with Crippen molar-refractivity contribution in [2.45, 2.75) is 38.0 Å². The lowest BCUT2D eigenvalue weighted by Crippen LogP contribution is -2.50. The van der Waals surface area contributed by atoms with Crippen LogP contribution >= 0.6 is 0 Å². The standard InChI is InChI=1S/C38H42N8O12/c1-6-12-57-38(54)46-25-17-29(28(55-5)16-23(25)34(49)45-11-7-9-24(45)35(46)50)56-13-8-10-31(47)40-30-20-44(4)32(41-30)33(48)39-21-14-27(42(2)18-21)37(53)58-22-15-26(36(51)52)43(3)19-22/h6,14-20,24,35,50H,1,7-13H2,2-5H3,(H,39,48)(H,40,47)(H,51,52)/t24-,35?/m0/s1. The first kappa shape index (κ1) is 40.6. The molecule has 2 atom stereocenters. The number of nitrogens with one attached hydrogen (secondary N) is 2. The van der Waals surface area contributed by atoms with Crippen LogP contribution in [-0.2, 0) is 30.7 Å². The van der Waals surface area contributed by atoms with Gasteiger partial charge < -0.3 is 58.4 Å². The molecule has 4 amide bonds. The fourth-order valence-corrected chi connectivity index (χ4v) is 6.76. The number of hydrogen-bond acceptors (Lipinski definition) is 12. The number of amides is 4. The maximum Gasteiger partial charge on any atom is 0.416 e. The van der Waals surface area contributed by atoms with Crippen LogP contribution in [0.3, 0.4) is 0 Å². The molecule has 0 saturated carbocycles. The number of aliphatic hydroxyl groups excluding tert-OH is 1. The monoisotopic (exact) mass is 802 g/mol. The van der Waals surface area contributed by atoms with Gasteiger partial charge in [-0.2, -0.15) is 0 Å². The molecule has 4 N–H and O–H groups in total. The smallest absolute Gasteiger partial charge is 0.416 e. The number of carbonyl (C=O) groups excluding carboxylic acids is 5. The topological polar surface area (TPSA) is 238 Å². The Balaban J connectivity index is 1.05.